The summed E-state index contributed by atoms with van der Waals surface area (Å²) in [5, 5.41) is 8.87. The van der Waals surface area contributed by atoms with Gasteiger partial charge < -0.3 is 14.7 Å². The number of hydrogen-bond acceptors (Lipinski definition) is 3. The molecule has 0 aromatic rings. The van der Waals surface area contributed by atoms with Crippen molar-refractivity contribution in [1.82, 2.24) is 4.90 Å². The fourth-order valence-electron chi connectivity index (χ4n) is 4.11. The molecule has 118 valence electrons. The van der Waals surface area contributed by atoms with Gasteiger partial charge in [-0.1, -0.05) is 0 Å². The Balaban J connectivity index is 1.60. The van der Waals surface area contributed by atoms with Gasteiger partial charge in [-0.25, -0.2) is 0 Å². The fraction of sp³-hybridized carbons (Fsp3) is 0.875. The summed E-state index contributed by atoms with van der Waals surface area (Å²) in [4.78, 5) is 25.6. The maximum absolute atomic E-state index is 12.8. The summed E-state index contributed by atoms with van der Waals surface area (Å²) in [7, 11) is 0. The average Bonchev–Trinajstić information content (AvgIpc) is 3.18. The van der Waals surface area contributed by atoms with Crippen molar-refractivity contribution in [2.75, 3.05) is 19.8 Å². The summed E-state index contributed by atoms with van der Waals surface area (Å²) < 4.78 is 5.41. The number of aliphatic carboxylic acids is 1. The molecule has 2 aliphatic heterocycles. The molecule has 0 aromatic heterocycles. The molecule has 5 nitrogen and oxygen atoms in total. The second-order valence-corrected chi connectivity index (χ2v) is 6.85. The van der Waals surface area contributed by atoms with E-state index in [1.807, 2.05) is 4.90 Å². The number of hydrogen-bond donors (Lipinski definition) is 1. The molecular weight excluding hydrogens is 270 g/mol. The van der Waals surface area contributed by atoms with E-state index >= 15 is 0 Å². The molecule has 1 aliphatic carbocycles. The van der Waals surface area contributed by atoms with Gasteiger partial charge in [0.15, 0.2) is 0 Å². The van der Waals surface area contributed by atoms with E-state index in [0.29, 0.717) is 6.42 Å². The Morgan fingerprint density at radius 1 is 1.24 bits per heavy atom. The molecule has 3 fully saturated rings. The van der Waals surface area contributed by atoms with Crippen LogP contribution >= 0.6 is 0 Å². The van der Waals surface area contributed by atoms with E-state index in [-0.39, 0.29) is 29.7 Å². The first-order valence-electron chi connectivity index (χ1n) is 8.22. The maximum Gasteiger partial charge on any atom is 0.303 e. The fourth-order valence-corrected chi connectivity index (χ4v) is 4.11. The standard InChI is InChI=1S/C16H25NO4/c18-14(19)5-4-12-3-1-2-8-17(12)15(20)13-11-16(13)6-9-21-10-7-16/h12-13H,1-11H2,(H,18,19)/t12-,13+/m0/s1. The first-order chi connectivity index (χ1) is 10.1. The minimum atomic E-state index is -0.764. The molecule has 0 bridgehead atoms. The van der Waals surface area contributed by atoms with Crippen LogP contribution in [0, 0.1) is 11.3 Å². The summed E-state index contributed by atoms with van der Waals surface area (Å²) in [6.45, 7) is 2.38. The number of carbonyl (C=O) groups excluding carboxylic acids is 1. The number of amides is 1. The van der Waals surface area contributed by atoms with E-state index < -0.39 is 5.97 Å². The van der Waals surface area contributed by atoms with Gasteiger partial charge in [0, 0.05) is 38.1 Å². The van der Waals surface area contributed by atoms with Crippen molar-refractivity contribution >= 4 is 11.9 Å². The maximum atomic E-state index is 12.8. The zero-order valence-corrected chi connectivity index (χ0v) is 12.6. The highest BCUT2D eigenvalue weighted by atomic mass is 16.5. The molecule has 2 heterocycles. The van der Waals surface area contributed by atoms with Crippen LogP contribution in [0.3, 0.4) is 0 Å². The van der Waals surface area contributed by atoms with Gasteiger partial charge in [-0.3, -0.25) is 9.59 Å². The first kappa shape index (κ1) is 14.8. The van der Waals surface area contributed by atoms with Crippen molar-refractivity contribution < 1.29 is 19.4 Å². The van der Waals surface area contributed by atoms with Crippen molar-refractivity contribution in [1.29, 1.82) is 0 Å². The summed E-state index contributed by atoms with van der Waals surface area (Å²) >= 11 is 0. The number of piperidine rings is 1. The number of carboxylic acid groups (broad SMARTS) is 1. The van der Waals surface area contributed by atoms with E-state index in [1.54, 1.807) is 0 Å². The largest absolute Gasteiger partial charge is 0.481 e. The van der Waals surface area contributed by atoms with Crippen molar-refractivity contribution in [2.24, 2.45) is 11.3 Å². The van der Waals surface area contributed by atoms with Gasteiger partial charge >= 0.3 is 5.97 Å². The van der Waals surface area contributed by atoms with Gasteiger partial charge in [0.1, 0.15) is 0 Å². The molecule has 5 heteroatoms. The topological polar surface area (TPSA) is 66.8 Å². The van der Waals surface area contributed by atoms with Gasteiger partial charge in [0.2, 0.25) is 5.91 Å². The number of carboxylic acids is 1. The number of carbonyl (C=O) groups is 2. The molecule has 0 radical (unpaired) electrons. The van der Waals surface area contributed by atoms with Gasteiger partial charge in [0.05, 0.1) is 0 Å². The van der Waals surface area contributed by atoms with Crippen LogP contribution in [0.25, 0.3) is 0 Å². The molecule has 1 spiro atoms. The molecule has 2 saturated heterocycles. The van der Waals surface area contributed by atoms with Crippen molar-refractivity contribution in [2.45, 2.75) is 57.4 Å². The molecule has 0 unspecified atom stereocenters. The van der Waals surface area contributed by atoms with Gasteiger partial charge in [-0.05, 0) is 50.4 Å². The molecule has 1 amide bonds. The van der Waals surface area contributed by atoms with E-state index in [4.69, 9.17) is 9.84 Å². The van der Waals surface area contributed by atoms with Crippen molar-refractivity contribution in [3.05, 3.63) is 0 Å². The lowest BCUT2D eigenvalue weighted by atomic mass is 9.92. The third-order valence-corrected chi connectivity index (χ3v) is 5.58. The lowest BCUT2D eigenvalue weighted by Gasteiger charge is -2.36. The highest BCUT2D eigenvalue weighted by Gasteiger charge is 2.59. The highest BCUT2D eigenvalue weighted by molar-refractivity contribution is 5.83. The summed E-state index contributed by atoms with van der Waals surface area (Å²) in [6, 6.07) is 0.139. The minimum absolute atomic E-state index is 0.139. The molecule has 3 rings (SSSR count). The third kappa shape index (κ3) is 3.07. The molecule has 1 saturated carbocycles. The Hall–Kier alpha value is -1.10. The molecule has 2 atom stereocenters. The van der Waals surface area contributed by atoms with Crippen LogP contribution in [0.15, 0.2) is 0 Å². The quantitative estimate of drug-likeness (QED) is 0.862. The SMILES string of the molecule is O=C(O)CC[C@@H]1CCCCN1C(=O)[C@H]1CC12CCOCC2. The van der Waals surface area contributed by atoms with Crippen molar-refractivity contribution in [3.8, 4) is 0 Å². The number of likely N-dealkylation sites (tertiary alicyclic amines) is 1. The second-order valence-electron chi connectivity index (χ2n) is 6.85. The smallest absolute Gasteiger partial charge is 0.303 e. The van der Waals surface area contributed by atoms with E-state index in [9.17, 15) is 9.59 Å². The second kappa shape index (κ2) is 5.95. The molecule has 21 heavy (non-hydrogen) atoms. The molecular formula is C16H25NO4. The van der Waals surface area contributed by atoms with E-state index in [2.05, 4.69) is 0 Å². The van der Waals surface area contributed by atoms with Crippen LogP contribution in [0.5, 0.6) is 0 Å². The number of ether oxygens (including phenoxy) is 1. The number of nitrogens with zero attached hydrogens (tertiary/aromatic N) is 1. The van der Waals surface area contributed by atoms with Crippen LogP contribution < -0.4 is 0 Å². The predicted octanol–water partition coefficient (Wildman–Crippen LogP) is 2.05. The zero-order valence-electron chi connectivity index (χ0n) is 12.6. The van der Waals surface area contributed by atoms with Crippen LogP contribution in [0.1, 0.15) is 51.4 Å². The summed E-state index contributed by atoms with van der Waals surface area (Å²) in [6.07, 6.45) is 6.92. The zero-order chi connectivity index (χ0) is 14.9. The minimum Gasteiger partial charge on any atom is -0.481 e. The predicted molar refractivity (Wildman–Crippen MR) is 76.8 cm³/mol. The third-order valence-electron chi connectivity index (χ3n) is 5.58. The molecule has 1 N–H and O–H groups in total. The van der Waals surface area contributed by atoms with E-state index in [1.165, 1.54) is 0 Å². The van der Waals surface area contributed by atoms with Gasteiger partial charge in [0.25, 0.3) is 0 Å². The van der Waals surface area contributed by atoms with Crippen LogP contribution in [0.4, 0.5) is 0 Å². The van der Waals surface area contributed by atoms with E-state index in [0.717, 1.165) is 58.3 Å². The monoisotopic (exact) mass is 295 g/mol. The lowest BCUT2D eigenvalue weighted by molar-refractivity contribution is -0.141. The van der Waals surface area contributed by atoms with Crippen LogP contribution in [-0.4, -0.2) is 47.7 Å². The van der Waals surface area contributed by atoms with Gasteiger partial charge in [-0.15, -0.1) is 0 Å². The van der Waals surface area contributed by atoms with Crippen LogP contribution in [-0.2, 0) is 14.3 Å². The Labute approximate surface area is 125 Å². The van der Waals surface area contributed by atoms with Gasteiger partial charge in [-0.2, -0.15) is 0 Å². The Kier molecular flexibility index (Phi) is 4.20. The summed E-state index contributed by atoms with van der Waals surface area (Å²) in [5.41, 5.74) is 0.212. The lowest BCUT2D eigenvalue weighted by Crippen LogP contribution is -2.45. The molecule has 3 aliphatic rings. The Morgan fingerprint density at radius 3 is 2.71 bits per heavy atom. The number of rotatable bonds is 4. The average molecular weight is 295 g/mol. The molecule has 0 aromatic carbocycles. The highest BCUT2D eigenvalue weighted by Crippen LogP contribution is 2.60. The Morgan fingerprint density at radius 2 is 2.00 bits per heavy atom. The Bertz CT molecular complexity index is 417. The van der Waals surface area contributed by atoms with Crippen molar-refractivity contribution in [3.63, 3.8) is 0 Å². The summed E-state index contributed by atoms with van der Waals surface area (Å²) in [5.74, 6) is -0.306. The van der Waals surface area contributed by atoms with Crippen LogP contribution in [0.2, 0.25) is 0 Å². The normalized spacial score (nSPS) is 31.1. The first-order valence-corrected chi connectivity index (χ1v) is 8.22.